The van der Waals surface area contributed by atoms with Crippen molar-refractivity contribution in [2.24, 2.45) is 0 Å². The summed E-state index contributed by atoms with van der Waals surface area (Å²) in [6.45, 7) is 1.15. The molecule has 0 bridgehead atoms. The molecule has 1 fully saturated rings. The molecule has 114 valence electrons. The average molecular weight is 314 g/mol. The van der Waals surface area contributed by atoms with Crippen molar-refractivity contribution < 1.29 is 13.2 Å². The van der Waals surface area contributed by atoms with E-state index >= 15 is 0 Å². The van der Waals surface area contributed by atoms with Gasteiger partial charge in [0.15, 0.2) is 0 Å². The van der Waals surface area contributed by atoms with Crippen LogP contribution >= 0.6 is 11.8 Å². The first kappa shape index (κ1) is 14.8. The van der Waals surface area contributed by atoms with Gasteiger partial charge in [0.05, 0.1) is 0 Å². The van der Waals surface area contributed by atoms with E-state index in [4.69, 9.17) is 0 Å². The normalized spacial score (nSPS) is 15.8. The van der Waals surface area contributed by atoms with Gasteiger partial charge in [-0.05, 0) is 36.2 Å². The van der Waals surface area contributed by atoms with E-state index in [1.165, 1.54) is 12.8 Å². The van der Waals surface area contributed by atoms with Crippen LogP contribution in [0.5, 0.6) is 0 Å². The molecular formula is C15H17F3N2S. The molecule has 0 unspecified atom stereocenters. The highest BCUT2D eigenvalue weighted by Crippen LogP contribution is 2.31. The number of halogens is 3. The molecule has 1 saturated carbocycles. The van der Waals surface area contributed by atoms with Crippen molar-refractivity contribution in [3.8, 4) is 0 Å². The minimum atomic E-state index is -4.15. The lowest BCUT2D eigenvalue weighted by Gasteiger charge is -2.07. The van der Waals surface area contributed by atoms with Crippen LogP contribution in [-0.4, -0.2) is 21.9 Å². The molecule has 2 nitrogen and oxygen atoms in total. The van der Waals surface area contributed by atoms with Gasteiger partial charge in [-0.1, -0.05) is 18.2 Å². The number of hydrogen-bond acceptors (Lipinski definition) is 2. The van der Waals surface area contributed by atoms with Crippen LogP contribution in [0.25, 0.3) is 10.9 Å². The molecule has 3 rings (SSSR count). The standard InChI is InChI=1S/C15H17F3N2S/c16-15(17,18)21-8-7-20-10-11(9-19-12-5-6-12)13-3-1-2-4-14(13)20/h1-4,10,12,19H,5-9H2. The number of nitrogens with one attached hydrogen (secondary N) is 1. The largest absolute Gasteiger partial charge is 0.441 e. The third kappa shape index (κ3) is 3.95. The van der Waals surface area contributed by atoms with Gasteiger partial charge in [-0.3, -0.25) is 0 Å². The van der Waals surface area contributed by atoms with Gasteiger partial charge in [-0.15, -0.1) is 0 Å². The fourth-order valence-electron chi connectivity index (χ4n) is 2.45. The molecule has 0 spiro atoms. The Balaban J connectivity index is 1.74. The quantitative estimate of drug-likeness (QED) is 0.863. The average Bonchev–Trinajstić information content (AvgIpc) is 3.19. The number of aryl methyl sites for hydroxylation is 1. The van der Waals surface area contributed by atoms with Gasteiger partial charge < -0.3 is 9.88 Å². The van der Waals surface area contributed by atoms with Crippen molar-refractivity contribution in [1.82, 2.24) is 9.88 Å². The van der Waals surface area contributed by atoms with Gasteiger partial charge in [-0.25, -0.2) is 0 Å². The van der Waals surface area contributed by atoms with E-state index < -0.39 is 5.51 Å². The summed E-state index contributed by atoms with van der Waals surface area (Å²) >= 11 is 0.0380. The Labute approximate surface area is 125 Å². The predicted molar refractivity (Wildman–Crippen MR) is 80.3 cm³/mol. The maximum atomic E-state index is 12.2. The number of fused-ring (bicyclic) bond motifs is 1. The lowest BCUT2D eigenvalue weighted by atomic mass is 10.2. The summed E-state index contributed by atoms with van der Waals surface area (Å²) in [4.78, 5) is 0. The molecule has 21 heavy (non-hydrogen) atoms. The van der Waals surface area contributed by atoms with Crippen LogP contribution in [-0.2, 0) is 13.1 Å². The number of nitrogens with zero attached hydrogens (tertiary/aromatic N) is 1. The van der Waals surface area contributed by atoms with Gasteiger partial charge in [0.1, 0.15) is 0 Å². The number of hydrogen-bond donors (Lipinski definition) is 1. The second-order valence-corrected chi connectivity index (χ2v) is 6.47. The van der Waals surface area contributed by atoms with Gasteiger partial charge in [0.2, 0.25) is 0 Å². The van der Waals surface area contributed by atoms with Gasteiger partial charge in [0.25, 0.3) is 0 Å². The summed E-state index contributed by atoms with van der Waals surface area (Å²) in [6.07, 6.45) is 4.43. The Bertz CT molecular complexity index is 617. The van der Waals surface area contributed by atoms with Crippen LogP contribution in [0.2, 0.25) is 0 Å². The van der Waals surface area contributed by atoms with Crippen molar-refractivity contribution in [3.63, 3.8) is 0 Å². The summed E-state index contributed by atoms with van der Waals surface area (Å²) in [6, 6.07) is 8.51. The molecule has 1 aromatic carbocycles. The van der Waals surface area contributed by atoms with Crippen molar-refractivity contribution in [2.75, 3.05) is 5.75 Å². The zero-order valence-corrected chi connectivity index (χ0v) is 12.3. The SMILES string of the molecule is FC(F)(F)SCCn1cc(CNC2CC2)c2ccccc21. The van der Waals surface area contributed by atoms with Crippen molar-refractivity contribution in [2.45, 2.75) is 37.5 Å². The molecule has 0 saturated heterocycles. The van der Waals surface area contributed by atoms with Crippen LogP contribution in [0.4, 0.5) is 13.2 Å². The number of para-hydroxylation sites is 1. The summed E-state index contributed by atoms with van der Waals surface area (Å²) in [7, 11) is 0. The fraction of sp³-hybridized carbons (Fsp3) is 0.467. The van der Waals surface area contributed by atoms with E-state index in [-0.39, 0.29) is 17.5 Å². The molecule has 1 aliphatic carbocycles. The van der Waals surface area contributed by atoms with Gasteiger partial charge in [-0.2, -0.15) is 13.2 Å². The van der Waals surface area contributed by atoms with E-state index in [9.17, 15) is 13.2 Å². The second-order valence-electron chi connectivity index (χ2n) is 5.31. The molecule has 1 aromatic heterocycles. The highest BCUT2D eigenvalue weighted by atomic mass is 32.2. The zero-order chi connectivity index (χ0) is 14.9. The zero-order valence-electron chi connectivity index (χ0n) is 11.5. The molecule has 6 heteroatoms. The summed E-state index contributed by atoms with van der Waals surface area (Å²) in [5, 5.41) is 4.59. The second kappa shape index (κ2) is 5.93. The highest BCUT2D eigenvalue weighted by molar-refractivity contribution is 8.00. The number of benzene rings is 1. The van der Waals surface area contributed by atoms with E-state index in [0.717, 1.165) is 23.0 Å². The molecule has 1 aliphatic rings. The molecule has 0 aliphatic heterocycles. The highest BCUT2D eigenvalue weighted by Gasteiger charge is 2.27. The van der Waals surface area contributed by atoms with E-state index in [0.29, 0.717) is 12.6 Å². The minimum Gasteiger partial charge on any atom is -0.346 e. The molecule has 0 amide bonds. The molecule has 1 N–H and O–H groups in total. The van der Waals surface area contributed by atoms with Crippen LogP contribution in [0.3, 0.4) is 0 Å². The third-order valence-corrected chi connectivity index (χ3v) is 4.34. The fourth-order valence-corrected chi connectivity index (χ4v) is 2.97. The smallest absolute Gasteiger partial charge is 0.346 e. The first-order chi connectivity index (χ1) is 10.0. The Hall–Kier alpha value is -1.14. The maximum absolute atomic E-state index is 12.2. The van der Waals surface area contributed by atoms with E-state index in [1.54, 1.807) is 0 Å². The predicted octanol–water partition coefficient (Wildman–Crippen LogP) is 4.15. The lowest BCUT2D eigenvalue weighted by Crippen LogP contribution is -2.15. The number of aromatic nitrogens is 1. The first-order valence-corrected chi connectivity index (χ1v) is 8.02. The molecule has 1 heterocycles. The Morgan fingerprint density at radius 2 is 2.00 bits per heavy atom. The Morgan fingerprint density at radius 3 is 2.71 bits per heavy atom. The van der Waals surface area contributed by atoms with E-state index in [1.807, 2.05) is 35.0 Å². The number of thioether (sulfide) groups is 1. The lowest BCUT2D eigenvalue weighted by molar-refractivity contribution is -0.0328. The maximum Gasteiger partial charge on any atom is 0.441 e. The van der Waals surface area contributed by atoms with Crippen molar-refractivity contribution >= 4 is 22.7 Å². The summed E-state index contributed by atoms with van der Waals surface area (Å²) in [5.41, 5.74) is -1.98. The monoisotopic (exact) mass is 314 g/mol. The van der Waals surface area contributed by atoms with Gasteiger partial charge in [0, 0.05) is 42.0 Å². The van der Waals surface area contributed by atoms with Crippen molar-refractivity contribution in [1.29, 1.82) is 0 Å². The number of alkyl halides is 3. The molecule has 2 aromatic rings. The van der Waals surface area contributed by atoms with Crippen LogP contribution < -0.4 is 5.32 Å². The van der Waals surface area contributed by atoms with Gasteiger partial charge >= 0.3 is 5.51 Å². The number of rotatable bonds is 6. The minimum absolute atomic E-state index is 0.0380. The van der Waals surface area contributed by atoms with Crippen LogP contribution in [0, 0.1) is 0 Å². The Kier molecular flexibility index (Phi) is 4.17. The van der Waals surface area contributed by atoms with Crippen molar-refractivity contribution in [3.05, 3.63) is 36.0 Å². The summed E-state index contributed by atoms with van der Waals surface area (Å²) in [5.74, 6) is 0.0394. The van der Waals surface area contributed by atoms with Crippen LogP contribution in [0.15, 0.2) is 30.5 Å². The topological polar surface area (TPSA) is 17.0 Å². The third-order valence-electron chi connectivity index (χ3n) is 3.63. The molecule has 0 atom stereocenters. The Morgan fingerprint density at radius 1 is 1.24 bits per heavy atom. The first-order valence-electron chi connectivity index (χ1n) is 7.04. The van der Waals surface area contributed by atoms with Crippen LogP contribution in [0.1, 0.15) is 18.4 Å². The molecule has 0 radical (unpaired) electrons. The van der Waals surface area contributed by atoms with E-state index in [2.05, 4.69) is 5.32 Å². The summed E-state index contributed by atoms with van der Waals surface area (Å²) < 4.78 is 38.6. The molecular weight excluding hydrogens is 297 g/mol.